The molecule has 0 atom stereocenters. The van der Waals surface area contributed by atoms with Crippen LogP contribution in [0.4, 0.5) is 5.69 Å². The highest BCUT2D eigenvalue weighted by molar-refractivity contribution is 7.87. The number of carbonyl (C=O) groups excluding carboxylic acids is 1. The van der Waals surface area contributed by atoms with Crippen LogP contribution >= 0.6 is 7.05 Å². The SMILES string of the molecule is CCOC(=O)C(C#N)=Cc1ccc(N=P(c2ccccc2)(c2ccccc2)c2ccccc2)cc1. The molecule has 0 amide bonds. The largest absolute Gasteiger partial charge is 0.462 e. The minimum Gasteiger partial charge on any atom is -0.462 e. The van der Waals surface area contributed by atoms with E-state index in [0.717, 1.165) is 27.2 Å². The standard InChI is InChI=1S/C30H25N2O2P/c1-2-34-30(33)25(23-31)22-24-18-20-26(21-19-24)32-35(27-12-6-3-7-13-27,28-14-8-4-9-15-28)29-16-10-5-11-17-29/h3-22H,2H2,1H3. The van der Waals surface area contributed by atoms with Crippen LogP contribution in [0, 0.1) is 11.3 Å². The van der Waals surface area contributed by atoms with Crippen LogP contribution in [0.25, 0.3) is 6.08 Å². The van der Waals surface area contributed by atoms with Crippen molar-refractivity contribution < 1.29 is 9.53 Å². The molecule has 4 rings (SSSR count). The van der Waals surface area contributed by atoms with E-state index in [0.29, 0.717) is 0 Å². The molecule has 0 aliphatic carbocycles. The van der Waals surface area contributed by atoms with Gasteiger partial charge in [0.1, 0.15) is 11.6 Å². The number of esters is 1. The zero-order chi connectivity index (χ0) is 24.5. The Bertz CT molecular complexity index is 1300. The fourth-order valence-electron chi connectivity index (χ4n) is 3.87. The van der Waals surface area contributed by atoms with Gasteiger partial charge in [0, 0.05) is 15.9 Å². The van der Waals surface area contributed by atoms with E-state index in [1.54, 1.807) is 6.92 Å². The molecule has 0 N–H and O–H groups in total. The number of carbonyl (C=O) groups is 1. The summed E-state index contributed by atoms with van der Waals surface area (Å²) in [7, 11) is -2.37. The molecule has 0 radical (unpaired) electrons. The lowest BCUT2D eigenvalue weighted by Crippen LogP contribution is -2.25. The lowest BCUT2D eigenvalue weighted by Gasteiger charge is -2.27. The molecule has 0 spiro atoms. The Hall–Kier alpha value is -4.19. The molecule has 35 heavy (non-hydrogen) atoms. The monoisotopic (exact) mass is 476 g/mol. The van der Waals surface area contributed by atoms with E-state index in [1.165, 1.54) is 6.08 Å². The molecule has 0 aliphatic rings. The van der Waals surface area contributed by atoms with Gasteiger partial charge in [0.2, 0.25) is 0 Å². The normalized spacial score (nSPS) is 11.4. The molecule has 172 valence electrons. The molecule has 0 heterocycles. The van der Waals surface area contributed by atoms with Crippen molar-refractivity contribution in [3.8, 4) is 6.07 Å². The van der Waals surface area contributed by atoms with Gasteiger partial charge in [-0.05, 0) is 30.7 Å². The molecule has 0 unspecified atom stereocenters. The average molecular weight is 477 g/mol. The molecule has 4 aromatic rings. The van der Waals surface area contributed by atoms with E-state index in [-0.39, 0.29) is 12.2 Å². The predicted octanol–water partition coefficient (Wildman–Crippen LogP) is 5.97. The van der Waals surface area contributed by atoms with Crippen molar-refractivity contribution in [1.29, 1.82) is 5.26 Å². The summed E-state index contributed by atoms with van der Waals surface area (Å²) >= 11 is 0. The van der Waals surface area contributed by atoms with Gasteiger partial charge in [-0.2, -0.15) is 5.26 Å². The first-order chi connectivity index (χ1) is 17.2. The average Bonchev–Trinajstić information content (AvgIpc) is 2.93. The number of benzene rings is 4. The van der Waals surface area contributed by atoms with Crippen molar-refractivity contribution in [3.63, 3.8) is 0 Å². The first kappa shape index (κ1) is 24.0. The molecule has 0 aliphatic heterocycles. The van der Waals surface area contributed by atoms with Crippen LogP contribution in [0.15, 0.2) is 126 Å². The summed E-state index contributed by atoms with van der Waals surface area (Å²) in [5, 5.41) is 12.8. The molecule has 0 aromatic heterocycles. The first-order valence-corrected chi connectivity index (χ1v) is 13.1. The third-order valence-corrected chi connectivity index (χ3v) is 9.14. The second-order valence-corrected chi connectivity index (χ2v) is 10.7. The van der Waals surface area contributed by atoms with Gasteiger partial charge in [0.15, 0.2) is 0 Å². The molecule has 0 bridgehead atoms. The van der Waals surface area contributed by atoms with Crippen LogP contribution in [0.1, 0.15) is 12.5 Å². The Labute approximate surface area is 206 Å². The number of hydrogen-bond acceptors (Lipinski definition) is 4. The number of hydrogen-bond donors (Lipinski definition) is 0. The van der Waals surface area contributed by atoms with Gasteiger partial charge < -0.3 is 4.74 Å². The second kappa shape index (κ2) is 11.3. The Morgan fingerprint density at radius 1 is 0.800 bits per heavy atom. The maximum Gasteiger partial charge on any atom is 0.348 e. The number of nitrogens with zero attached hydrogens (tertiary/aromatic N) is 2. The van der Waals surface area contributed by atoms with Crippen molar-refractivity contribution in [1.82, 2.24) is 0 Å². The zero-order valence-corrected chi connectivity index (χ0v) is 20.3. The quantitative estimate of drug-likeness (QED) is 0.143. The minimum absolute atomic E-state index is 0.0313. The van der Waals surface area contributed by atoms with Gasteiger partial charge in [-0.1, -0.05) is 103 Å². The maximum atomic E-state index is 12.0. The molecule has 4 aromatic carbocycles. The van der Waals surface area contributed by atoms with Crippen LogP contribution in [0.3, 0.4) is 0 Å². The van der Waals surface area contributed by atoms with Crippen molar-refractivity contribution in [2.24, 2.45) is 4.74 Å². The zero-order valence-electron chi connectivity index (χ0n) is 19.4. The summed E-state index contributed by atoms with van der Waals surface area (Å²) in [6, 6.07) is 40.8. The van der Waals surface area contributed by atoms with E-state index in [1.807, 2.05) is 48.5 Å². The van der Waals surface area contributed by atoms with E-state index < -0.39 is 13.0 Å². The van der Waals surface area contributed by atoms with Gasteiger partial charge >= 0.3 is 5.97 Å². The Morgan fingerprint density at radius 2 is 1.26 bits per heavy atom. The van der Waals surface area contributed by atoms with Gasteiger partial charge in [0.05, 0.1) is 19.3 Å². The first-order valence-electron chi connectivity index (χ1n) is 11.4. The van der Waals surface area contributed by atoms with Crippen LogP contribution < -0.4 is 15.9 Å². The van der Waals surface area contributed by atoms with E-state index in [4.69, 9.17) is 9.48 Å². The summed E-state index contributed by atoms with van der Waals surface area (Å²) in [5.41, 5.74) is 1.52. The summed E-state index contributed by atoms with van der Waals surface area (Å²) in [5.74, 6) is -0.620. The highest BCUT2D eigenvalue weighted by Gasteiger charge is 2.27. The Balaban J connectivity index is 1.90. The number of rotatable bonds is 7. The lowest BCUT2D eigenvalue weighted by atomic mass is 10.1. The topological polar surface area (TPSA) is 62.5 Å². The lowest BCUT2D eigenvalue weighted by molar-refractivity contribution is -0.137. The van der Waals surface area contributed by atoms with E-state index in [2.05, 4.69) is 72.8 Å². The number of nitriles is 1. The molecule has 0 fully saturated rings. The van der Waals surface area contributed by atoms with Crippen LogP contribution in [0.5, 0.6) is 0 Å². The highest BCUT2D eigenvalue weighted by Crippen LogP contribution is 2.49. The van der Waals surface area contributed by atoms with Crippen molar-refractivity contribution in [2.75, 3.05) is 6.61 Å². The summed E-state index contributed by atoms with van der Waals surface area (Å²) in [6.45, 7) is 1.94. The van der Waals surface area contributed by atoms with Crippen molar-refractivity contribution >= 4 is 40.7 Å². The van der Waals surface area contributed by atoms with Crippen LogP contribution in [-0.4, -0.2) is 12.6 Å². The van der Waals surface area contributed by atoms with E-state index in [9.17, 15) is 10.1 Å². The maximum absolute atomic E-state index is 12.0. The van der Waals surface area contributed by atoms with Gasteiger partial charge in [-0.15, -0.1) is 0 Å². The molecular formula is C30H25N2O2P. The third-order valence-electron chi connectivity index (χ3n) is 5.47. The van der Waals surface area contributed by atoms with Gasteiger partial charge in [-0.25, -0.2) is 4.79 Å². The second-order valence-electron chi connectivity index (χ2n) is 7.72. The van der Waals surface area contributed by atoms with Crippen LogP contribution in [0.2, 0.25) is 0 Å². The molecule has 5 heteroatoms. The predicted molar refractivity (Wildman–Crippen MR) is 144 cm³/mol. The van der Waals surface area contributed by atoms with Gasteiger partial charge in [-0.3, -0.25) is 4.74 Å². The van der Waals surface area contributed by atoms with Crippen molar-refractivity contribution in [3.05, 3.63) is 126 Å². The fourth-order valence-corrected chi connectivity index (χ4v) is 7.41. The van der Waals surface area contributed by atoms with Crippen LogP contribution in [-0.2, 0) is 9.53 Å². The summed E-state index contributed by atoms with van der Waals surface area (Å²) < 4.78 is 10.4. The number of ether oxygens (including phenoxy) is 1. The molecule has 0 saturated heterocycles. The third kappa shape index (κ3) is 5.32. The smallest absolute Gasteiger partial charge is 0.348 e. The highest BCUT2D eigenvalue weighted by atomic mass is 31.2. The fraction of sp³-hybridized carbons (Fsp3) is 0.0667. The molecule has 4 nitrogen and oxygen atoms in total. The van der Waals surface area contributed by atoms with E-state index >= 15 is 0 Å². The summed E-state index contributed by atoms with van der Waals surface area (Å²) in [4.78, 5) is 12.0. The molecule has 0 saturated carbocycles. The van der Waals surface area contributed by atoms with Gasteiger partial charge in [0.25, 0.3) is 0 Å². The Kier molecular flexibility index (Phi) is 7.73. The Morgan fingerprint density at radius 3 is 1.66 bits per heavy atom. The molecular weight excluding hydrogens is 451 g/mol. The summed E-state index contributed by atoms with van der Waals surface area (Å²) in [6.07, 6.45) is 1.54. The minimum atomic E-state index is -2.37. The van der Waals surface area contributed by atoms with Crippen molar-refractivity contribution in [2.45, 2.75) is 6.92 Å².